The zero-order valence-corrected chi connectivity index (χ0v) is 12.5. The van der Waals surface area contributed by atoms with E-state index < -0.39 is 0 Å². The van der Waals surface area contributed by atoms with Gasteiger partial charge in [-0.1, -0.05) is 59.7 Å². The molecule has 0 saturated carbocycles. The van der Waals surface area contributed by atoms with Crippen LogP contribution in [0, 0.1) is 13.8 Å². The molecule has 0 spiro atoms. The van der Waals surface area contributed by atoms with Crippen molar-refractivity contribution in [2.24, 2.45) is 7.05 Å². The quantitative estimate of drug-likeness (QED) is 0.767. The molecule has 3 heteroatoms. The van der Waals surface area contributed by atoms with Crippen LogP contribution >= 0.6 is 0 Å². The number of rotatable bonds is 2. The van der Waals surface area contributed by atoms with Crippen molar-refractivity contribution in [2.75, 3.05) is 0 Å². The summed E-state index contributed by atoms with van der Waals surface area (Å²) in [5.74, 6) is 0.189. The molecule has 0 fully saturated rings. The van der Waals surface area contributed by atoms with Crippen molar-refractivity contribution in [3.05, 3.63) is 59.7 Å². The third-order valence-corrected chi connectivity index (χ3v) is 3.68. The van der Waals surface area contributed by atoms with Gasteiger partial charge in [-0.25, -0.2) is 4.68 Å². The average Bonchev–Trinajstić information content (AvgIpc) is 2.77. The van der Waals surface area contributed by atoms with Gasteiger partial charge in [-0.2, -0.15) is 5.10 Å². The zero-order chi connectivity index (χ0) is 15.0. The van der Waals surface area contributed by atoms with Crippen LogP contribution in [0.5, 0.6) is 5.88 Å². The van der Waals surface area contributed by atoms with Crippen molar-refractivity contribution < 1.29 is 5.11 Å². The Balaban J connectivity index is 2.20. The van der Waals surface area contributed by atoms with E-state index in [9.17, 15) is 5.11 Å². The summed E-state index contributed by atoms with van der Waals surface area (Å²) >= 11 is 0. The van der Waals surface area contributed by atoms with E-state index in [4.69, 9.17) is 0 Å². The van der Waals surface area contributed by atoms with Gasteiger partial charge in [-0.05, 0) is 19.4 Å². The van der Waals surface area contributed by atoms with Gasteiger partial charge in [0.05, 0.1) is 5.56 Å². The predicted octanol–water partition coefficient (Wildman–Crippen LogP) is 4.08. The highest BCUT2D eigenvalue weighted by Gasteiger charge is 2.18. The first kappa shape index (κ1) is 13.4. The molecule has 0 bridgehead atoms. The van der Waals surface area contributed by atoms with Crippen LogP contribution in [0.2, 0.25) is 0 Å². The van der Waals surface area contributed by atoms with E-state index in [2.05, 4.69) is 24.2 Å². The molecule has 0 unspecified atom stereocenters. The van der Waals surface area contributed by atoms with E-state index in [0.717, 1.165) is 22.4 Å². The Morgan fingerprint density at radius 3 is 1.81 bits per heavy atom. The largest absolute Gasteiger partial charge is 0.493 e. The molecule has 1 aromatic heterocycles. The molecule has 1 N–H and O–H groups in total. The van der Waals surface area contributed by atoms with Crippen LogP contribution in [0.1, 0.15) is 11.1 Å². The Bertz CT molecular complexity index is 768. The van der Waals surface area contributed by atoms with Gasteiger partial charge in [0.1, 0.15) is 5.69 Å². The average molecular weight is 278 g/mol. The highest BCUT2D eigenvalue weighted by molar-refractivity contribution is 5.84. The number of nitrogens with zero attached hydrogens (tertiary/aromatic N) is 2. The van der Waals surface area contributed by atoms with E-state index in [-0.39, 0.29) is 5.88 Å². The molecule has 0 atom stereocenters. The number of benzene rings is 2. The Morgan fingerprint density at radius 1 is 0.810 bits per heavy atom. The summed E-state index contributed by atoms with van der Waals surface area (Å²) in [6.07, 6.45) is 0. The standard InChI is InChI=1S/C18H18N2O/c1-12-4-8-14(9-5-12)16-17(19-20(3)18(16)21)15-10-6-13(2)7-11-15/h4-11,21H,1-3H3. The summed E-state index contributed by atoms with van der Waals surface area (Å²) in [4.78, 5) is 0. The van der Waals surface area contributed by atoms with Crippen LogP contribution in [-0.2, 0) is 7.05 Å². The van der Waals surface area contributed by atoms with Crippen molar-refractivity contribution >= 4 is 0 Å². The van der Waals surface area contributed by atoms with E-state index >= 15 is 0 Å². The molecule has 0 aliphatic rings. The Morgan fingerprint density at radius 2 is 1.29 bits per heavy atom. The summed E-state index contributed by atoms with van der Waals surface area (Å²) < 4.78 is 1.52. The Hall–Kier alpha value is -2.55. The molecule has 0 aliphatic carbocycles. The van der Waals surface area contributed by atoms with Gasteiger partial charge in [0.15, 0.2) is 0 Å². The van der Waals surface area contributed by atoms with Gasteiger partial charge in [-0.15, -0.1) is 0 Å². The Kier molecular flexibility index (Phi) is 3.26. The minimum absolute atomic E-state index is 0.189. The maximum atomic E-state index is 10.4. The fourth-order valence-corrected chi connectivity index (χ4v) is 2.41. The van der Waals surface area contributed by atoms with Crippen LogP contribution in [0.25, 0.3) is 22.4 Å². The minimum atomic E-state index is 0.189. The molecule has 3 nitrogen and oxygen atoms in total. The Labute approximate surface area is 124 Å². The monoisotopic (exact) mass is 278 g/mol. The first-order valence-electron chi connectivity index (χ1n) is 6.96. The molecule has 0 saturated heterocycles. The summed E-state index contributed by atoms with van der Waals surface area (Å²) in [7, 11) is 1.75. The van der Waals surface area contributed by atoms with Crippen molar-refractivity contribution in [3.63, 3.8) is 0 Å². The summed E-state index contributed by atoms with van der Waals surface area (Å²) in [6.45, 7) is 4.11. The predicted molar refractivity (Wildman–Crippen MR) is 85.2 cm³/mol. The number of aromatic nitrogens is 2. The zero-order valence-electron chi connectivity index (χ0n) is 12.5. The molecular formula is C18H18N2O. The van der Waals surface area contributed by atoms with Crippen molar-refractivity contribution in [2.45, 2.75) is 13.8 Å². The molecule has 0 radical (unpaired) electrons. The molecular weight excluding hydrogens is 260 g/mol. The summed E-state index contributed by atoms with van der Waals surface area (Å²) in [6, 6.07) is 16.3. The number of hydrogen-bond donors (Lipinski definition) is 1. The normalized spacial score (nSPS) is 10.8. The molecule has 3 rings (SSSR count). The summed E-state index contributed by atoms with van der Waals surface area (Å²) in [5.41, 5.74) is 5.96. The fraction of sp³-hybridized carbons (Fsp3) is 0.167. The number of aromatic hydroxyl groups is 1. The highest BCUT2D eigenvalue weighted by Crippen LogP contribution is 2.38. The van der Waals surface area contributed by atoms with Gasteiger partial charge in [0, 0.05) is 12.6 Å². The van der Waals surface area contributed by atoms with Crippen LogP contribution in [0.15, 0.2) is 48.5 Å². The third-order valence-electron chi connectivity index (χ3n) is 3.68. The first-order valence-corrected chi connectivity index (χ1v) is 6.96. The lowest BCUT2D eigenvalue weighted by Gasteiger charge is -2.05. The van der Waals surface area contributed by atoms with Crippen LogP contribution in [-0.4, -0.2) is 14.9 Å². The van der Waals surface area contributed by atoms with E-state index in [0.29, 0.717) is 0 Å². The lowest BCUT2D eigenvalue weighted by molar-refractivity contribution is 0.421. The van der Waals surface area contributed by atoms with Gasteiger partial charge >= 0.3 is 0 Å². The van der Waals surface area contributed by atoms with E-state index in [1.807, 2.05) is 43.3 Å². The van der Waals surface area contributed by atoms with Gasteiger partial charge in [0.25, 0.3) is 0 Å². The molecule has 106 valence electrons. The second kappa shape index (κ2) is 5.09. The number of aryl methyl sites for hydroxylation is 3. The fourth-order valence-electron chi connectivity index (χ4n) is 2.41. The van der Waals surface area contributed by atoms with Gasteiger partial charge in [0.2, 0.25) is 5.88 Å². The van der Waals surface area contributed by atoms with Crippen LogP contribution in [0.4, 0.5) is 0 Å². The van der Waals surface area contributed by atoms with E-state index in [1.165, 1.54) is 15.8 Å². The molecule has 3 aromatic rings. The van der Waals surface area contributed by atoms with Gasteiger partial charge < -0.3 is 5.11 Å². The SMILES string of the molecule is Cc1ccc(-c2nn(C)c(O)c2-c2ccc(C)cc2)cc1. The molecule has 21 heavy (non-hydrogen) atoms. The lowest BCUT2D eigenvalue weighted by Crippen LogP contribution is -1.89. The smallest absolute Gasteiger partial charge is 0.217 e. The summed E-state index contributed by atoms with van der Waals surface area (Å²) in [5, 5.41) is 14.8. The molecule has 0 aliphatic heterocycles. The lowest BCUT2D eigenvalue weighted by atomic mass is 10.00. The minimum Gasteiger partial charge on any atom is -0.493 e. The molecule has 2 aromatic carbocycles. The molecule has 0 amide bonds. The second-order valence-electron chi connectivity index (χ2n) is 5.40. The van der Waals surface area contributed by atoms with Crippen LogP contribution < -0.4 is 0 Å². The third kappa shape index (κ3) is 2.42. The second-order valence-corrected chi connectivity index (χ2v) is 5.40. The maximum absolute atomic E-state index is 10.4. The van der Waals surface area contributed by atoms with Crippen molar-refractivity contribution in [3.8, 4) is 28.3 Å². The maximum Gasteiger partial charge on any atom is 0.217 e. The van der Waals surface area contributed by atoms with E-state index in [1.54, 1.807) is 7.05 Å². The van der Waals surface area contributed by atoms with Crippen molar-refractivity contribution in [1.29, 1.82) is 0 Å². The first-order chi connectivity index (χ1) is 10.1. The topological polar surface area (TPSA) is 38.0 Å². The van der Waals surface area contributed by atoms with Crippen LogP contribution in [0.3, 0.4) is 0 Å². The number of hydrogen-bond acceptors (Lipinski definition) is 2. The van der Waals surface area contributed by atoms with Crippen molar-refractivity contribution in [1.82, 2.24) is 9.78 Å². The van der Waals surface area contributed by atoms with Gasteiger partial charge in [-0.3, -0.25) is 0 Å². The highest BCUT2D eigenvalue weighted by atomic mass is 16.3. The molecule has 1 heterocycles.